The largest absolute Gasteiger partial charge is 0.420 e. The van der Waals surface area contributed by atoms with Crippen molar-refractivity contribution < 1.29 is 14.0 Å². The number of para-hydroxylation sites is 2. The third kappa shape index (κ3) is 2.68. The Labute approximate surface area is 166 Å². The molecule has 1 aliphatic carbocycles. The smallest absolute Gasteiger partial charge is 0.408 e. The van der Waals surface area contributed by atoms with E-state index in [1.165, 1.54) is 20.6 Å². The summed E-state index contributed by atoms with van der Waals surface area (Å²) in [6.07, 6.45) is 3.18. The number of carbonyl (C=O) groups excluding carboxylic acids is 2. The summed E-state index contributed by atoms with van der Waals surface area (Å²) in [5.41, 5.74) is 3.39. The van der Waals surface area contributed by atoms with E-state index in [1.807, 2.05) is 18.2 Å². The molecule has 3 aromatic rings. The molecule has 1 fully saturated rings. The standard InChI is InChI=1S/C22H21N3O4/c1-22(16-10-9-14-5-4-6-15(14)13-16)19(26)25(20(27)23-22)12-11-24-17-7-2-3-8-18(17)29-21(24)28/h2-3,7-10,13H,4-6,11-12H2,1H3,(H,23,27). The summed E-state index contributed by atoms with van der Waals surface area (Å²) in [5.74, 6) is -0.805. The maximum Gasteiger partial charge on any atom is 0.420 e. The Hall–Kier alpha value is -3.35. The molecule has 1 atom stereocenters. The summed E-state index contributed by atoms with van der Waals surface area (Å²) in [6, 6.07) is 12.7. The monoisotopic (exact) mass is 391 g/mol. The molecule has 0 bridgehead atoms. The lowest BCUT2D eigenvalue weighted by molar-refractivity contribution is -0.131. The van der Waals surface area contributed by atoms with Gasteiger partial charge in [0.15, 0.2) is 5.58 Å². The van der Waals surface area contributed by atoms with E-state index in [4.69, 9.17) is 4.42 Å². The van der Waals surface area contributed by atoms with E-state index in [9.17, 15) is 14.4 Å². The fourth-order valence-electron chi connectivity index (χ4n) is 4.40. The molecule has 0 saturated carbocycles. The highest BCUT2D eigenvalue weighted by molar-refractivity contribution is 6.07. The van der Waals surface area contributed by atoms with E-state index in [0.717, 1.165) is 24.8 Å². The van der Waals surface area contributed by atoms with Crippen LogP contribution >= 0.6 is 0 Å². The van der Waals surface area contributed by atoms with E-state index in [-0.39, 0.29) is 19.0 Å². The second kappa shape index (κ2) is 6.34. The zero-order valence-corrected chi connectivity index (χ0v) is 16.1. The van der Waals surface area contributed by atoms with Gasteiger partial charge in [0.1, 0.15) is 5.54 Å². The number of hydrogen-bond acceptors (Lipinski definition) is 4. The third-order valence-corrected chi connectivity index (χ3v) is 6.07. The van der Waals surface area contributed by atoms with Crippen molar-refractivity contribution in [3.05, 3.63) is 69.7 Å². The Balaban J connectivity index is 1.40. The first-order valence-electron chi connectivity index (χ1n) is 9.82. The van der Waals surface area contributed by atoms with Crippen molar-refractivity contribution in [3.63, 3.8) is 0 Å². The molecule has 29 heavy (non-hydrogen) atoms. The average Bonchev–Trinajstić information content (AvgIpc) is 3.36. The van der Waals surface area contributed by atoms with Gasteiger partial charge in [0.05, 0.1) is 5.52 Å². The van der Waals surface area contributed by atoms with Gasteiger partial charge in [-0.05, 0) is 55.0 Å². The maximum absolute atomic E-state index is 13.2. The minimum absolute atomic E-state index is 0.0919. The first-order chi connectivity index (χ1) is 14.0. The van der Waals surface area contributed by atoms with E-state index >= 15 is 0 Å². The Morgan fingerprint density at radius 1 is 1.03 bits per heavy atom. The first kappa shape index (κ1) is 17.7. The lowest BCUT2D eigenvalue weighted by atomic mass is 9.90. The number of aromatic nitrogens is 1. The average molecular weight is 391 g/mol. The van der Waals surface area contributed by atoms with Gasteiger partial charge in [-0.25, -0.2) is 9.59 Å². The molecule has 1 aromatic heterocycles. The van der Waals surface area contributed by atoms with Gasteiger partial charge in [0.2, 0.25) is 0 Å². The van der Waals surface area contributed by atoms with Crippen molar-refractivity contribution in [1.82, 2.24) is 14.8 Å². The number of urea groups is 1. The molecule has 2 aromatic carbocycles. The predicted molar refractivity (Wildman–Crippen MR) is 107 cm³/mol. The Morgan fingerprint density at radius 2 is 1.83 bits per heavy atom. The van der Waals surface area contributed by atoms with E-state index in [0.29, 0.717) is 11.1 Å². The van der Waals surface area contributed by atoms with Crippen molar-refractivity contribution >= 4 is 23.0 Å². The highest BCUT2D eigenvalue weighted by Gasteiger charge is 2.49. The van der Waals surface area contributed by atoms with Crippen molar-refractivity contribution in [1.29, 1.82) is 0 Å². The second-order valence-electron chi connectivity index (χ2n) is 7.84. The summed E-state index contributed by atoms with van der Waals surface area (Å²) < 4.78 is 6.67. The molecular formula is C22H21N3O4. The fraction of sp³-hybridized carbons (Fsp3) is 0.318. The van der Waals surface area contributed by atoms with E-state index in [1.54, 1.807) is 25.1 Å². The van der Waals surface area contributed by atoms with Crippen molar-refractivity contribution in [3.8, 4) is 0 Å². The zero-order valence-electron chi connectivity index (χ0n) is 16.1. The molecule has 2 aliphatic rings. The highest BCUT2D eigenvalue weighted by atomic mass is 16.4. The predicted octanol–water partition coefficient (Wildman–Crippen LogP) is 2.55. The summed E-state index contributed by atoms with van der Waals surface area (Å²) in [4.78, 5) is 39.1. The van der Waals surface area contributed by atoms with Crippen LogP contribution in [-0.4, -0.2) is 28.0 Å². The van der Waals surface area contributed by atoms with Crippen LogP contribution in [0.3, 0.4) is 0 Å². The molecule has 7 heteroatoms. The molecule has 148 valence electrons. The molecule has 5 rings (SSSR count). The third-order valence-electron chi connectivity index (χ3n) is 6.07. The normalized spacial score (nSPS) is 21.1. The van der Waals surface area contributed by atoms with Gasteiger partial charge >= 0.3 is 11.8 Å². The quantitative estimate of drug-likeness (QED) is 0.693. The van der Waals surface area contributed by atoms with Gasteiger partial charge in [-0.2, -0.15) is 0 Å². The van der Waals surface area contributed by atoms with Crippen LogP contribution in [0.1, 0.15) is 30.0 Å². The molecule has 1 aliphatic heterocycles. The SMILES string of the molecule is CC1(c2ccc3c(c2)CCC3)NC(=O)N(CCn2c(=O)oc3ccccc32)C1=O. The van der Waals surface area contributed by atoms with Crippen LogP contribution in [0.25, 0.3) is 11.1 Å². The molecular weight excluding hydrogens is 370 g/mol. The number of hydrogen-bond donors (Lipinski definition) is 1. The van der Waals surface area contributed by atoms with Gasteiger partial charge in [-0.1, -0.05) is 30.3 Å². The van der Waals surface area contributed by atoms with Crippen LogP contribution < -0.4 is 11.1 Å². The Morgan fingerprint density at radius 3 is 2.69 bits per heavy atom. The molecule has 0 spiro atoms. The molecule has 1 unspecified atom stereocenters. The van der Waals surface area contributed by atoms with Gasteiger partial charge in [-0.3, -0.25) is 14.3 Å². The van der Waals surface area contributed by atoms with E-state index in [2.05, 4.69) is 11.4 Å². The van der Waals surface area contributed by atoms with Gasteiger partial charge < -0.3 is 9.73 Å². The lowest BCUT2D eigenvalue weighted by Crippen LogP contribution is -2.41. The molecule has 0 radical (unpaired) electrons. The van der Waals surface area contributed by atoms with Crippen LogP contribution in [0.2, 0.25) is 0 Å². The van der Waals surface area contributed by atoms with Crippen molar-refractivity contribution in [2.24, 2.45) is 0 Å². The number of oxazole rings is 1. The molecule has 7 nitrogen and oxygen atoms in total. The van der Waals surface area contributed by atoms with Gasteiger partial charge in [0.25, 0.3) is 5.91 Å². The number of carbonyl (C=O) groups is 2. The topological polar surface area (TPSA) is 84.6 Å². The number of benzene rings is 2. The van der Waals surface area contributed by atoms with Gasteiger partial charge in [-0.15, -0.1) is 0 Å². The second-order valence-corrected chi connectivity index (χ2v) is 7.84. The molecule has 2 heterocycles. The maximum atomic E-state index is 13.2. The Bertz CT molecular complexity index is 1210. The number of amides is 3. The minimum Gasteiger partial charge on any atom is -0.408 e. The highest BCUT2D eigenvalue weighted by Crippen LogP contribution is 2.32. The number of fused-ring (bicyclic) bond motifs is 2. The van der Waals surface area contributed by atoms with Gasteiger partial charge in [0, 0.05) is 13.1 Å². The van der Waals surface area contributed by atoms with Crippen LogP contribution in [0.4, 0.5) is 4.79 Å². The van der Waals surface area contributed by atoms with Crippen LogP contribution in [0, 0.1) is 0 Å². The van der Waals surface area contributed by atoms with Crippen LogP contribution in [0.5, 0.6) is 0 Å². The zero-order chi connectivity index (χ0) is 20.2. The first-order valence-corrected chi connectivity index (χ1v) is 9.82. The Kier molecular flexibility index (Phi) is 3.87. The number of nitrogens with zero attached hydrogens (tertiary/aromatic N) is 2. The van der Waals surface area contributed by atoms with E-state index < -0.39 is 17.3 Å². The summed E-state index contributed by atoms with van der Waals surface area (Å²) in [7, 11) is 0. The molecule has 3 amide bonds. The number of imide groups is 1. The lowest BCUT2D eigenvalue weighted by Gasteiger charge is -2.23. The minimum atomic E-state index is -1.10. The summed E-state index contributed by atoms with van der Waals surface area (Å²) in [5, 5.41) is 2.85. The van der Waals surface area contributed by atoms with Crippen LogP contribution in [0.15, 0.2) is 51.7 Å². The number of aryl methyl sites for hydroxylation is 2. The van der Waals surface area contributed by atoms with Crippen molar-refractivity contribution in [2.45, 2.75) is 38.3 Å². The van der Waals surface area contributed by atoms with Crippen LogP contribution in [-0.2, 0) is 29.7 Å². The molecule has 1 saturated heterocycles. The fourth-order valence-corrected chi connectivity index (χ4v) is 4.40. The summed E-state index contributed by atoms with van der Waals surface area (Å²) >= 11 is 0. The number of nitrogens with one attached hydrogen (secondary N) is 1. The summed E-state index contributed by atoms with van der Waals surface area (Å²) in [6.45, 7) is 2.01. The van der Waals surface area contributed by atoms with Crippen molar-refractivity contribution in [2.75, 3.05) is 6.54 Å². The molecule has 1 N–H and O–H groups in total. The number of rotatable bonds is 4.